The molecule has 140 valence electrons. The van der Waals surface area contributed by atoms with Gasteiger partial charge in [0.05, 0.1) is 15.5 Å². The molecule has 2 rings (SSSR count). The van der Waals surface area contributed by atoms with Crippen LogP contribution in [0.2, 0.25) is 5.02 Å². The number of carbonyl (C=O) groups excluding carboxylic acids is 1. The van der Waals surface area contributed by atoms with E-state index in [9.17, 15) is 26.4 Å². The number of amides is 1. The third-order valence-corrected chi connectivity index (χ3v) is 6.15. The van der Waals surface area contributed by atoms with E-state index in [1.165, 1.54) is 0 Å². The molecule has 0 radical (unpaired) electrons. The third kappa shape index (κ3) is 4.27. The Hall–Kier alpha value is -1.32. The van der Waals surface area contributed by atoms with Crippen LogP contribution in [0.1, 0.15) is 19.4 Å². The number of hydrogen-bond acceptors (Lipinski definition) is 3. The lowest BCUT2D eigenvalue weighted by Gasteiger charge is -2.35. The molecular weight excluding hydrogens is 381 g/mol. The highest BCUT2D eigenvalue weighted by molar-refractivity contribution is 7.89. The summed E-state index contributed by atoms with van der Waals surface area (Å²) in [6.07, 6.45) is -4.75. The normalized spacial score (nSPS) is 17.2. The molecule has 0 N–H and O–H groups in total. The quantitative estimate of drug-likeness (QED) is 0.786. The van der Waals surface area contributed by atoms with E-state index in [0.29, 0.717) is 6.07 Å². The Morgan fingerprint density at radius 2 is 1.72 bits per heavy atom. The first-order valence-corrected chi connectivity index (χ1v) is 9.42. The average molecular weight is 399 g/mol. The van der Waals surface area contributed by atoms with Gasteiger partial charge in [0.25, 0.3) is 0 Å². The summed E-state index contributed by atoms with van der Waals surface area (Å²) in [5, 5.41) is -0.557. The van der Waals surface area contributed by atoms with Crippen LogP contribution >= 0.6 is 11.6 Å². The van der Waals surface area contributed by atoms with Crippen molar-refractivity contribution in [3.8, 4) is 0 Å². The van der Waals surface area contributed by atoms with Crippen LogP contribution < -0.4 is 0 Å². The van der Waals surface area contributed by atoms with E-state index in [0.717, 1.165) is 16.4 Å². The summed E-state index contributed by atoms with van der Waals surface area (Å²) in [7, 11) is -4.09. The maximum Gasteiger partial charge on any atom is 0.417 e. The second-order valence-electron chi connectivity index (χ2n) is 6.02. The first kappa shape index (κ1) is 20.0. The fourth-order valence-corrected chi connectivity index (χ4v) is 4.22. The van der Waals surface area contributed by atoms with Crippen molar-refractivity contribution < 1.29 is 26.4 Å². The summed E-state index contributed by atoms with van der Waals surface area (Å²) in [4.78, 5) is 13.0. The average Bonchev–Trinajstić information content (AvgIpc) is 2.53. The van der Waals surface area contributed by atoms with E-state index in [-0.39, 0.29) is 38.0 Å². The highest BCUT2D eigenvalue weighted by Crippen LogP contribution is 2.36. The van der Waals surface area contributed by atoms with E-state index in [4.69, 9.17) is 11.6 Å². The molecule has 0 aromatic heterocycles. The Bertz CT molecular complexity index is 758. The second kappa shape index (κ2) is 7.13. The van der Waals surface area contributed by atoms with Crippen LogP contribution in [0, 0.1) is 5.92 Å². The maximum absolute atomic E-state index is 12.9. The molecule has 0 spiro atoms. The van der Waals surface area contributed by atoms with E-state index in [1.807, 2.05) is 0 Å². The van der Waals surface area contributed by atoms with Gasteiger partial charge in [-0.2, -0.15) is 17.5 Å². The first-order valence-electron chi connectivity index (χ1n) is 7.60. The lowest BCUT2D eigenvalue weighted by Crippen LogP contribution is -2.51. The van der Waals surface area contributed by atoms with Crippen molar-refractivity contribution in [2.75, 3.05) is 26.2 Å². The first-order chi connectivity index (χ1) is 11.4. The van der Waals surface area contributed by atoms with Crippen molar-refractivity contribution >= 4 is 27.5 Å². The summed E-state index contributed by atoms with van der Waals surface area (Å²) in [6, 6.07) is 2.53. The molecule has 1 aromatic carbocycles. The van der Waals surface area contributed by atoms with E-state index in [1.54, 1.807) is 18.7 Å². The summed E-state index contributed by atoms with van der Waals surface area (Å²) in [5.41, 5.74) is -1.19. The molecule has 1 fully saturated rings. The van der Waals surface area contributed by atoms with Gasteiger partial charge in [-0.3, -0.25) is 4.79 Å². The molecule has 10 heteroatoms. The van der Waals surface area contributed by atoms with Gasteiger partial charge in [-0.25, -0.2) is 8.42 Å². The van der Waals surface area contributed by atoms with Gasteiger partial charge >= 0.3 is 6.18 Å². The lowest BCUT2D eigenvalue weighted by atomic mass is 10.2. The van der Waals surface area contributed by atoms with Gasteiger partial charge in [0.2, 0.25) is 15.9 Å². The van der Waals surface area contributed by atoms with Crippen molar-refractivity contribution in [3.05, 3.63) is 28.8 Å². The van der Waals surface area contributed by atoms with Crippen LogP contribution in [0.15, 0.2) is 23.1 Å². The number of hydrogen-bond donors (Lipinski definition) is 0. The maximum atomic E-state index is 12.9. The van der Waals surface area contributed by atoms with Gasteiger partial charge in [0.15, 0.2) is 0 Å². The SMILES string of the molecule is CC(C)C(=O)N1CCN(S(=O)(=O)c2ccc(Cl)c(C(F)(F)F)c2)CC1. The molecule has 0 aliphatic carbocycles. The van der Waals surface area contributed by atoms with Crippen molar-refractivity contribution in [1.29, 1.82) is 0 Å². The fraction of sp³-hybridized carbons (Fsp3) is 0.533. The molecule has 1 saturated heterocycles. The minimum Gasteiger partial charge on any atom is -0.340 e. The zero-order valence-corrected chi connectivity index (χ0v) is 15.2. The minimum atomic E-state index is -4.75. The third-order valence-electron chi connectivity index (χ3n) is 3.93. The molecule has 1 aliphatic heterocycles. The molecule has 1 aliphatic rings. The number of alkyl halides is 3. The molecule has 25 heavy (non-hydrogen) atoms. The zero-order chi connectivity index (χ0) is 19.0. The Morgan fingerprint density at radius 3 is 2.20 bits per heavy atom. The van der Waals surface area contributed by atoms with E-state index in [2.05, 4.69) is 0 Å². The molecule has 5 nitrogen and oxygen atoms in total. The number of nitrogens with zero attached hydrogens (tertiary/aromatic N) is 2. The van der Waals surface area contributed by atoms with Crippen LogP contribution in [0.25, 0.3) is 0 Å². The predicted octanol–water partition coefficient (Wildman–Crippen LogP) is 2.85. The van der Waals surface area contributed by atoms with Crippen molar-refractivity contribution in [2.24, 2.45) is 5.92 Å². The number of carbonyl (C=O) groups is 1. The standard InChI is InChI=1S/C15H18ClF3N2O3S/c1-10(2)14(22)20-5-7-21(8-6-20)25(23,24)11-3-4-13(16)12(9-11)15(17,18)19/h3-4,9-10H,5-8H2,1-2H3. The molecule has 0 unspecified atom stereocenters. The predicted molar refractivity (Wildman–Crippen MR) is 86.6 cm³/mol. The fourth-order valence-electron chi connectivity index (χ4n) is 2.55. The topological polar surface area (TPSA) is 57.7 Å². The summed E-state index contributed by atoms with van der Waals surface area (Å²) in [5.74, 6) is -0.281. The van der Waals surface area contributed by atoms with Gasteiger partial charge < -0.3 is 4.90 Å². The zero-order valence-electron chi connectivity index (χ0n) is 13.7. The molecule has 1 amide bonds. The van der Waals surface area contributed by atoms with Gasteiger partial charge in [-0.15, -0.1) is 0 Å². The van der Waals surface area contributed by atoms with Gasteiger partial charge in [-0.05, 0) is 18.2 Å². The largest absolute Gasteiger partial charge is 0.417 e. The smallest absolute Gasteiger partial charge is 0.340 e. The van der Waals surface area contributed by atoms with Crippen molar-refractivity contribution in [1.82, 2.24) is 9.21 Å². The van der Waals surface area contributed by atoms with Crippen LogP contribution in [-0.4, -0.2) is 49.7 Å². The van der Waals surface area contributed by atoms with Crippen LogP contribution in [0.4, 0.5) is 13.2 Å². The Labute approximate surface area is 149 Å². The summed E-state index contributed by atoms with van der Waals surface area (Å²) < 4.78 is 65.1. The highest BCUT2D eigenvalue weighted by Gasteiger charge is 2.36. The van der Waals surface area contributed by atoms with Crippen LogP contribution in [0.3, 0.4) is 0 Å². The summed E-state index contributed by atoms with van der Waals surface area (Å²) >= 11 is 5.53. The number of rotatable bonds is 3. The van der Waals surface area contributed by atoms with Gasteiger partial charge in [0.1, 0.15) is 0 Å². The minimum absolute atomic E-state index is 0.0325. The Morgan fingerprint density at radius 1 is 1.16 bits per heavy atom. The number of halogens is 4. The molecule has 0 atom stereocenters. The highest BCUT2D eigenvalue weighted by atomic mass is 35.5. The monoisotopic (exact) mass is 398 g/mol. The second-order valence-corrected chi connectivity index (χ2v) is 8.37. The Balaban J connectivity index is 2.22. The lowest BCUT2D eigenvalue weighted by molar-refractivity contribution is -0.138. The van der Waals surface area contributed by atoms with Crippen molar-refractivity contribution in [2.45, 2.75) is 24.9 Å². The molecule has 0 saturated carbocycles. The van der Waals surface area contributed by atoms with E-state index < -0.39 is 31.7 Å². The number of piperazine rings is 1. The molecule has 0 bridgehead atoms. The van der Waals surface area contributed by atoms with Crippen molar-refractivity contribution in [3.63, 3.8) is 0 Å². The summed E-state index contributed by atoms with van der Waals surface area (Å²) in [6.45, 7) is 3.97. The number of benzene rings is 1. The van der Waals surface area contributed by atoms with Gasteiger partial charge in [0, 0.05) is 32.1 Å². The number of sulfonamides is 1. The molecule has 1 aromatic rings. The van der Waals surface area contributed by atoms with Crippen LogP contribution in [-0.2, 0) is 21.0 Å². The van der Waals surface area contributed by atoms with Gasteiger partial charge in [-0.1, -0.05) is 25.4 Å². The van der Waals surface area contributed by atoms with E-state index >= 15 is 0 Å². The van der Waals surface area contributed by atoms with Crippen LogP contribution in [0.5, 0.6) is 0 Å². The molecule has 1 heterocycles. The molecular formula is C15H18ClF3N2O3S. The Kier molecular flexibility index (Phi) is 5.70.